The summed E-state index contributed by atoms with van der Waals surface area (Å²) >= 11 is 0. The van der Waals surface area contributed by atoms with Gasteiger partial charge in [-0.25, -0.2) is 4.68 Å². The summed E-state index contributed by atoms with van der Waals surface area (Å²) in [5.74, 6) is 0. The van der Waals surface area contributed by atoms with E-state index in [1.165, 1.54) is 36.0 Å². The lowest BCUT2D eigenvalue weighted by molar-refractivity contribution is 0.140. The van der Waals surface area contributed by atoms with E-state index in [4.69, 9.17) is 0 Å². The molecule has 0 saturated carbocycles. The molecule has 0 amide bonds. The number of aromatic nitrogens is 2. The Hall–Kier alpha value is -2.43. The minimum atomic E-state index is 0.502. The Morgan fingerprint density at radius 2 is 1.75 bits per heavy atom. The predicted molar refractivity (Wildman–Crippen MR) is 114 cm³/mol. The lowest BCUT2D eigenvalue weighted by Crippen LogP contribution is -2.32. The molecule has 0 radical (unpaired) electrons. The molecule has 0 bridgehead atoms. The van der Waals surface area contributed by atoms with Gasteiger partial charge in [-0.15, -0.1) is 0 Å². The van der Waals surface area contributed by atoms with Gasteiger partial charge in [0.05, 0.1) is 11.9 Å². The quantitative estimate of drug-likeness (QED) is 0.627. The Balaban J connectivity index is 1.48. The second-order valence-electron chi connectivity index (χ2n) is 8.09. The van der Waals surface area contributed by atoms with Crippen molar-refractivity contribution in [2.45, 2.75) is 38.4 Å². The van der Waals surface area contributed by atoms with Gasteiger partial charge in [0.15, 0.2) is 0 Å². The fourth-order valence-corrected chi connectivity index (χ4v) is 4.17. The van der Waals surface area contributed by atoms with Gasteiger partial charge < -0.3 is 4.90 Å². The first-order valence-electron chi connectivity index (χ1n) is 10.3. The highest BCUT2D eigenvalue weighted by atomic mass is 15.3. The van der Waals surface area contributed by atoms with Crippen LogP contribution in [0.3, 0.4) is 0 Å². The van der Waals surface area contributed by atoms with Gasteiger partial charge in [-0.3, -0.25) is 4.90 Å². The highest BCUT2D eigenvalue weighted by Gasteiger charge is 2.24. The Kier molecular flexibility index (Phi) is 5.89. The lowest BCUT2D eigenvalue weighted by atomic mass is 9.94. The van der Waals surface area contributed by atoms with E-state index in [0.29, 0.717) is 6.04 Å². The van der Waals surface area contributed by atoms with Crippen molar-refractivity contribution in [2.24, 2.45) is 0 Å². The average molecular weight is 375 g/mol. The van der Waals surface area contributed by atoms with Crippen molar-refractivity contribution < 1.29 is 0 Å². The molecule has 0 aliphatic carbocycles. The van der Waals surface area contributed by atoms with Gasteiger partial charge in [0, 0.05) is 30.9 Å². The summed E-state index contributed by atoms with van der Waals surface area (Å²) in [5, 5.41) is 4.57. The Morgan fingerprint density at radius 1 is 0.964 bits per heavy atom. The highest BCUT2D eigenvalue weighted by molar-refractivity contribution is 5.31. The maximum Gasteiger partial charge on any atom is 0.0645 e. The summed E-state index contributed by atoms with van der Waals surface area (Å²) in [5.41, 5.74) is 5.21. The van der Waals surface area contributed by atoms with Gasteiger partial charge in [0.25, 0.3) is 0 Å². The van der Waals surface area contributed by atoms with Crippen molar-refractivity contribution in [1.29, 1.82) is 0 Å². The molecule has 1 aliphatic rings. The number of hydrogen-bond acceptors (Lipinski definition) is 3. The highest BCUT2D eigenvalue weighted by Crippen LogP contribution is 2.32. The van der Waals surface area contributed by atoms with Gasteiger partial charge >= 0.3 is 0 Å². The molecule has 1 atom stereocenters. The van der Waals surface area contributed by atoms with E-state index in [-0.39, 0.29) is 0 Å². The third-order valence-electron chi connectivity index (χ3n) is 5.52. The number of piperidine rings is 1. The molecule has 0 spiro atoms. The van der Waals surface area contributed by atoms with E-state index in [2.05, 4.69) is 83.7 Å². The first kappa shape index (κ1) is 18.9. The summed E-state index contributed by atoms with van der Waals surface area (Å²) in [7, 11) is 4.23. The molecular formula is C24H30N4. The summed E-state index contributed by atoms with van der Waals surface area (Å²) in [6, 6.07) is 20.1. The Morgan fingerprint density at radius 3 is 2.50 bits per heavy atom. The maximum absolute atomic E-state index is 4.57. The zero-order chi connectivity index (χ0) is 19.3. The van der Waals surface area contributed by atoms with Gasteiger partial charge in [-0.05, 0) is 56.7 Å². The third kappa shape index (κ3) is 4.51. The van der Waals surface area contributed by atoms with Crippen molar-refractivity contribution in [3.05, 3.63) is 83.7 Å². The van der Waals surface area contributed by atoms with E-state index in [0.717, 1.165) is 25.3 Å². The molecule has 4 nitrogen and oxygen atoms in total. The smallest absolute Gasteiger partial charge is 0.0645 e. The lowest BCUT2D eigenvalue weighted by Gasteiger charge is -2.36. The second kappa shape index (κ2) is 8.72. The fourth-order valence-electron chi connectivity index (χ4n) is 4.17. The van der Waals surface area contributed by atoms with Crippen LogP contribution in [0.25, 0.3) is 5.69 Å². The summed E-state index contributed by atoms with van der Waals surface area (Å²) in [6.45, 7) is 3.10. The van der Waals surface area contributed by atoms with Crippen LogP contribution in [0, 0.1) is 0 Å². The summed E-state index contributed by atoms with van der Waals surface area (Å²) in [6.07, 6.45) is 8.01. The molecule has 1 aliphatic heterocycles. The second-order valence-corrected chi connectivity index (χ2v) is 8.09. The number of para-hydroxylation sites is 1. The monoisotopic (exact) mass is 374 g/mol. The topological polar surface area (TPSA) is 24.3 Å². The SMILES string of the molecule is CN(C)Cc1ccc(C2CCCCN2Cc2cnn(-c3ccccc3)c2)cc1. The van der Waals surface area contributed by atoms with E-state index >= 15 is 0 Å². The molecule has 1 aromatic heterocycles. The van der Waals surface area contributed by atoms with Crippen molar-refractivity contribution in [2.75, 3.05) is 20.6 Å². The predicted octanol–water partition coefficient (Wildman–Crippen LogP) is 4.66. The number of rotatable bonds is 6. The number of likely N-dealkylation sites (tertiary alicyclic amines) is 1. The van der Waals surface area contributed by atoms with Crippen LogP contribution in [0.15, 0.2) is 67.0 Å². The van der Waals surface area contributed by atoms with Gasteiger partial charge in [-0.2, -0.15) is 5.10 Å². The molecular weight excluding hydrogens is 344 g/mol. The van der Waals surface area contributed by atoms with Crippen LogP contribution in [0.1, 0.15) is 42.0 Å². The largest absolute Gasteiger partial charge is 0.305 e. The molecule has 1 saturated heterocycles. The van der Waals surface area contributed by atoms with E-state index < -0.39 is 0 Å². The zero-order valence-corrected chi connectivity index (χ0v) is 17.0. The molecule has 3 aromatic rings. The van der Waals surface area contributed by atoms with Crippen LogP contribution in [-0.4, -0.2) is 40.2 Å². The van der Waals surface area contributed by atoms with E-state index in [9.17, 15) is 0 Å². The van der Waals surface area contributed by atoms with E-state index in [1.807, 2.05) is 16.9 Å². The van der Waals surface area contributed by atoms with Gasteiger partial charge in [0.2, 0.25) is 0 Å². The molecule has 0 N–H and O–H groups in total. The molecule has 2 aromatic carbocycles. The first-order chi connectivity index (χ1) is 13.7. The maximum atomic E-state index is 4.57. The molecule has 4 heteroatoms. The number of nitrogens with zero attached hydrogens (tertiary/aromatic N) is 4. The van der Waals surface area contributed by atoms with Crippen molar-refractivity contribution in [3.63, 3.8) is 0 Å². The van der Waals surface area contributed by atoms with Crippen molar-refractivity contribution in [1.82, 2.24) is 19.6 Å². The third-order valence-corrected chi connectivity index (χ3v) is 5.52. The number of hydrogen-bond donors (Lipinski definition) is 0. The Bertz CT molecular complexity index is 867. The minimum absolute atomic E-state index is 0.502. The van der Waals surface area contributed by atoms with Gasteiger partial charge in [-0.1, -0.05) is 48.9 Å². The molecule has 4 rings (SSSR count). The molecule has 28 heavy (non-hydrogen) atoms. The zero-order valence-electron chi connectivity index (χ0n) is 17.0. The van der Waals surface area contributed by atoms with Crippen molar-refractivity contribution in [3.8, 4) is 5.69 Å². The normalized spacial score (nSPS) is 17.9. The van der Waals surface area contributed by atoms with Crippen LogP contribution in [0.2, 0.25) is 0 Å². The van der Waals surface area contributed by atoms with Crippen LogP contribution in [-0.2, 0) is 13.1 Å². The summed E-state index contributed by atoms with van der Waals surface area (Å²) in [4.78, 5) is 4.84. The van der Waals surface area contributed by atoms with Crippen LogP contribution in [0.4, 0.5) is 0 Å². The summed E-state index contributed by atoms with van der Waals surface area (Å²) < 4.78 is 1.98. The van der Waals surface area contributed by atoms with Gasteiger partial charge in [0.1, 0.15) is 0 Å². The molecule has 2 heterocycles. The van der Waals surface area contributed by atoms with Crippen LogP contribution >= 0.6 is 0 Å². The molecule has 1 unspecified atom stereocenters. The fraction of sp³-hybridized carbons (Fsp3) is 0.375. The van der Waals surface area contributed by atoms with E-state index in [1.54, 1.807) is 0 Å². The van der Waals surface area contributed by atoms with Crippen LogP contribution in [0.5, 0.6) is 0 Å². The van der Waals surface area contributed by atoms with Crippen molar-refractivity contribution >= 4 is 0 Å². The minimum Gasteiger partial charge on any atom is -0.305 e. The van der Waals surface area contributed by atoms with Crippen LogP contribution < -0.4 is 0 Å². The average Bonchev–Trinajstić information content (AvgIpc) is 3.18. The standard InChI is InChI=1S/C24H30N4/c1-26(2)17-20-11-13-22(14-12-20)24-10-6-7-15-27(24)18-21-16-25-28(19-21)23-8-4-3-5-9-23/h3-5,8-9,11-14,16,19,24H,6-7,10,15,17-18H2,1-2H3. The number of benzene rings is 2. The molecule has 146 valence electrons. The molecule has 1 fully saturated rings. The Labute approximate surface area is 168 Å². The first-order valence-corrected chi connectivity index (χ1v) is 10.3.